The maximum absolute atomic E-state index is 13.1. The Morgan fingerprint density at radius 3 is 2.81 bits per heavy atom. The molecule has 1 aromatic carbocycles. The number of para-hydroxylation sites is 1. The Morgan fingerprint density at radius 1 is 1.31 bits per heavy atom. The molecule has 1 fully saturated rings. The van der Waals surface area contributed by atoms with Gasteiger partial charge in [0, 0.05) is 35.8 Å². The number of fused-ring (bicyclic) bond motifs is 5. The number of esters is 1. The SMILES string of the molecule is C/C=C1/CN(C)[C@H]2Cc3c([nH]c4ccccc34)C(=O)C[C@H]1[C@H]2C(=O)OC. The highest BCUT2D eigenvalue weighted by atomic mass is 16.5. The topological polar surface area (TPSA) is 62.4 Å². The summed E-state index contributed by atoms with van der Waals surface area (Å²) in [5, 5.41) is 1.07. The number of carbonyl (C=O) groups excluding carboxylic acids is 2. The lowest BCUT2D eigenvalue weighted by molar-refractivity contribution is -0.150. The molecule has 2 aliphatic rings. The van der Waals surface area contributed by atoms with Crippen LogP contribution in [0, 0.1) is 11.8 Å². The van der Waals surface area contributed by atoms with Gasteiger partial charge in [-0.15, -0.1) is 0 Å². The van der Waals surface area contributed by atoms with Crippen LogP contribution in [-0.2, 0) is 16.0 Å². The summed E-state index contributed by atoms with van der Waals surface area (Å²) in [6, 6.07) is 8.02. The van der Waals surface area contributed by atoms with Gasteiger partial charge < -0.3 is 9.72 Å². The quantitative estimate of drug-likeness (QED) is 0.633. The fraction of sp³-hybridized carbons (Fsp3) is 0.429. The highest BCUT2D eigenvalue weighted by molar-refractivity contribution is 6.03. The second-order valence-electron chi connectivity index (χ2n) is 7.36. The molecule has 2 bridgehead atoms. The van der Waals surface area contributed by atoms with E-state index in [0.29, 0.717) is 18.5 Å². The lowest BCUT2D eigenvalue weighted by atomic mass is 9.70. The maximum Gasteiger partial charge on any atom is 0.310 e. The fourth-order valence-electron chi connectivity index (χ4n) is 4.76. The number of carbonyl (C=O) groups is 2. The lowest BCUT2D eigenvalue weighted by Gasteiger charge is -2.45. The Kier molecular flexibility index (Phi) is 4.19. The summed E-state index contributed by atoms with van der Waals surface area (Å²) >= 11 is 0. The molecule has 1 aliphatic heterocycles. The van der Waals surface area contributed by atoms with Crippen molar-refractivity contribution in [2.24, 2.45) is 11.8 Å². The van der Waals surface area contributed by atoms with E-state index in [1.807, 2.05) is 37.3 Å². The molecular weight excluding hydrogens is 328 g/mol. The molecule has 5 heteroatoms. The molecule has 1 N–H and O–H groups in total. The van der Waals surface area contributed by atoms with Crippen molar-refractivity contribution in [1.29, 1.82) is 0 Å². The molecule has 2 aromatic rings. The smallest absolute Gasteiger partial charge is 0.310 e. The fourth-order valence-corrected chi connectivity index (χ4v) is 4.76. The first-order chi connectivity index (χ1) is 12.5. The van der Waals surface area contributed by atoms with Crippen molar-refractivity contribution in [3.8, 4) is 0 Å². The first-order valence-corrected chi connectivity index (χ1v) is 9.11. The third-order valence-electron chi connectivity index (χ3n) is 6.08. The van der Waals surface area contributed by atoms with Crippen LogP contribution in [-0.4, -0.2) is 48.4 Å². The molecule has 136 valence electrons. The minimum absolute atomic E-state index is 0.0159. The summed E-state index contributed by atoms with van der Waals surface area (Å²) in [5.74, 6) is -0.559. The Balaban J connectivity index is 1.91. The molecule has 0 spiro atoms. The zero-order chi connectivity index (χ0) is 18.4. The number of aromatic amines is 1. The highest BCUT2D eigenvalue weighted by Crippen LogP contribution is 2.41. The van der Waals surface area contributed by atoms with Crippen molar-refractivity contribution in [2.45, 2.75) is 25.8 Å². The van der Waals surface area contributed by atoms with Crippen molar-refractivity contribution in [1.82, 2.24) is 9.88 Å². The van der Waals surface area contributed by atoms with Crippen LogP contribution in [0.4, 0.5) is 0 Å². The van der Waals surface area contributed by atoms with Crippen LogP contribution in [0.25, 0.3) is 10.9 Å². The van der Waals surface area contributed by atoms with Gasteiger partial charge in [-0.05, 0) is 32.0 Å². The second kappa shape index (κ2) is 6.40. The Hall–Kier alpha value is -2.40. The highest BCUT2D eigenvalue weighted by Gasteiger charge is 2.46. The Bertz CT molecular complexity index is 911. The third kappa shape index (κ3) is 2.50. The minimum Gasteiger partial charge on any atom is -0.469 e. The van der Waals surface area contributed by atoms with Gasteiger partial charge in [-0.1, -0.05) is 29.8 Å². The van der Waals surface area contributed by atoms with E-state index in [0.717, 1.165) is 28.6 Å². The van der Waals surface area contributed by atoms with Gasteiger partial charge in [0.2, 0.25) is 0 Å². The molecule has 0 amide bonds. The number of H-pyrrole nitrogens is 1. The van der Waals surface area contributed by atoms with Gasteiger partial charge in [-0.25, -0.2) is 0 Å². The average molecular weight is 352 g/mol. The van der Waals surface area contributed by atoms with Gasteiger partial charge in [0.05, 0.1) is 18.7 Å². The molecule has 1 aliphatic carbocycles. The van der Waals surface area contributed by atoms with Crippen LogP contribution in [0.2, 0.25) is 0 Å². The molecule has 0 saturated carbocycles. The van der Waals surface area contributed by atoms with E-state index in [1.165, 1.54) is 7.11 Å². The second-order valence-corrected chi connectivity index (χ2v) is 7.36. The van der Waals surface area contributed by atoms with E-state index in [2.05, 4.69) is 16.9 Å². The standard InChI is InChI=1S/C21H24N2O3/c1-4-12-11-23(2)17-9-15-13-7-5-6-8-16(13)22-20(15)18(24)10-14(12)19(17)21(25)26-3/h4-8,14,17,19,22H,9-11H2,1-3H3/b12-4-/t14-,17+,19-/m1/s1. The van der Waals surface area contributed by atoms with E-state index < -0.39 is 0 Å². The number of benzene rings is 1. The predicted octanol–water partition coefficient (Wildman–Crippen LogP) is 2.96. The number of hydrogen-bond donors (Lipinski definition) is 1. The van der Waals surface area contributed by atoms with E-state index in [4.69, 9.17) is 4.74 Å². The first kappa shape index (κ1) is 17.0. The van der Waals surface area contributed by atoms with Crippen LogP contribution < -0.4 is 0 Å². The number of rotatable bonds is 1. The summed E-state index contributed by atoms with van der Waals surface area (Å²) in [7, 11) is 3.49. The van der Waals surface area contributed by atoms with Crippen LogP contribution in [0.3, 0.4) is 0 Å². The largest absolute Gasteiger partial charge is 0.469 e. The van der Waals surface area contributed by atoms with Gasteiger partial charge in [-0.3, -0.25) is 14.5 Å². The van der Waals surface area contributed by atoms with Gasteiger partial charge >= 0.3 is 5.97 Å². The molecule has 0 unspecified atom stereocenters. The predicted molar refractivity (Wildman–Crippen MR) is 100 cm³/mol. The summed E-state index contributed by atoms with van der Waals surface area (Å²) in [6.45, 7) is 2.76. The van der Waals surface area contributed by atoms with Gasteiger partial charge in [0.1, 0.15) is 0 Å². The summed E-state index contributed by atoms with van der Waals surface area (Å²) < 4.78 is 5.14. The number of likely N-dealkylation sites (N-methyl/N-ethyl adjacent to an activating group) is 1. The number of nitrogens with one attached hydrogen (secondary N) is 1. The lowest BCUT2D eigenvalue weighted by Crippen LogP contribution is -2.54. The number of allylic oxidation sites excluding steroid dienone is 1. The zero-order valence-electron chi connectivity index (χ0n) is 15.4. The van der Waals surface area contributed by atoms with Crippen molar-refractivity contribution in [3.05, 3.63) is 47.2 Å². The van der Waals surface area contributed by atoms with Crippen LogP contribution in [0.15, 0.2) is 35.9 Å². The number of ketones is 1. The molecule has 26 heavy (non-hydrogen) atoms. The van der Waals surface area contributed by atoms with E-state index in [9.17, 15) is 9.59 Å². The number of methoxy groups -OCH3 is 1. The Labute approximate surface area is 153 Å². The van der Waals surface area contributed by atoms with Gasteiger partial charge in [0.15, 0.2) is 5.78 Å². The summed E-state index contributed by atoms with van der Waals surface area (Å²) in [6.07, 6.45) is 3.05. The normalized spacial score (nSPS) is 27.9. The molecule has 3 atom stereocenters. The number of hydrogen-bond acceptors (Lipinski definition) is 4. The molecule has 5 nitrogen and oxygen atoms in total. The van der Waals surface area contributed by atoms with Crippen molar-refractivity contribution >= 4 is 22.7 Å². The zero-order valence-corrected chi connectivity index (χ0v) is 15.4. The molecule has 4 rings (SSSR count). The van der Waals surface area contributed by atoms with Crippen LogP contribution in [0.5, 0.6) is 0 Å². The number of likely N-dealkylation sites (tertiary alicyclic amines) is 1. The van der Waals surface area contributed by atoms with Gasteiger partial charge in [-0.2, -0.15) is 0 Å². The molecule has 2 heterocycles. The number of aromatic nitrogens is 1. The number of ether oxygens (including phenoxy) is 1. The number of piperidine rings is 1. The van der Waals surface area contributed by atoms with E-state index >= 15 is 0 Å². The monoisotopic (exact) mass is 352 g/mol. The maximum atomic E-state index is 13.1. The van der Waals surface area contributed by atoms with Crippen molar-refractivity contribution in [3.63, 3.8) is 0 Å². The summed E-state index contributed by atoms with van der Waals surface area (Å²) in [4.78, 5) is 31.3. The molecular formula is C21H24N2O3. The minimum atomic E-state index is -0.323. The van der Waals surface area contributed by atoms with Crippen molar-refractivity contribution < 1.29 is 14.3 Å². The van der Waals surface area contributed by atoms with E-state index in [-0.39, 0.29) is 29.6 Å². The van der Waals surface area contributed by atoms with Gasteiger partial charge in [0.25, 0.3) is 0 Å². The average Bonchev–Trinajstić information content (AvgIpc) is 3.01. The number of Topliss-reactive ketones (excluding diaryl/α,β-unsaturated/α-hetero) is 1. The van der Waals surface area contributed by atoms with Crippen molar-refractivity contribution in [2.75, 3.05) is 20.7 Å². The Morgan fingerprint density at radius 2 is 2.08 bits per heavy atom. The molecule has 0 radical (unpaired) electrons. The third-order valence-corrected chi connectivity index (χ3v) is 6.08. The van der Waals surface area contributed by atoms with Crippen LogP contribution >= 0.6 is 0 Å². The molecule has 1 aromatic heterocycles. The van der Waals surface area contributed by atoms with E-state index in [1.54, 1.807) is 0 Å². The first-order valence-electron chi connectivity index (χ1n) is 9.11. The summed E-state index contributed by atoms with van der Waals surface area (Å²) in [5.41, 5.74) is 3.85. The molecule has 1 saturated heterocycles. The van der Waals surface area contributed by atoms with Crippen LogP contribution in [0.1, 0.15) is 29.4 Å². The number of nitrogens with zero attached hydrogens (tertiary/aromatic N) is 1.